The summed E-state index contributed by atoms with van der Waals surface area (Å²) in [6, 6.07) is 14.6. The summed E-state index contributed by atoms with van der Waals surface area (Å²) in [5.74, 6) is -0.902. The number of hydrogen-bond acceptors (Lipinski definition) is 4. The minimum absolute atomic E-state index is 0.0503. The SMILES string of the molecule is Cc1ccc(CNC(=O)[C@@H](C)OC(=O)c2cccc(N3CCCC3=O)c2)cc1. The fourth-order valence-electron chi connectivity index (χ4n) is 3.04. The van der Waals surface area contributed by atoms with Crippen LogP contribution >= 0.6 is 0 Å². The molecule has 1 aliphatic rings. The van der Waals surface area contributed by atoms with Crippen LogP contribution in [0.25, 0.3) is 0 Å². The van der Waals surface area contributed by atoms with E-state index in [0.717, 1.165) is 17.5 Å². The molecule has 3 rings (SSSR count). The van der Waals surface area contributed by atoms with E-state index in [1.54, 1.807) is 29.2 Å². The highest BCUT2D eigenvalue weighted by molar-refractivity contribution is 5.98. The smallest absolute Gasteiger partial charge is 0.338 e. The van der Waals surface area contributed by atoms with Gasteiger partial charge >= 0.3 is 5.97 Å². The van der Waals surface area contributed by atoms with Crippen LogP contribution in [0, 0.1) is 6.92 Å². The summed E-state index contributed by atoms with van der Waals surface area (Å²) in [4.78, 5) is 38.2. The fourth-order valence-corrected chi connectivity index (χ4v) is 3.04. The molecule has 2 aromatic carbocycles. The maximum Gasteiger partial charge on any atom is 0.338 e. The number of benzene rings is 2. The lowest BCUT2D eigenvalue weighted by Gasteiger charge is -2.17. The van der Waals surface area contributed by atoms with E-state index in [9.17, 15) is 14.4 Å². The monoisotopic (exact) mass is 380 g/mol. The second kappa shape index (κ2) is 8.69. The molecule has 28 heavy (non-hydrogen) atoms. The zero-order valence-electron chi connectivity index (χ0n) is 16.1. The van der Waals surface area contributed by atoms with Crippen LogP contribution < -0.4 is 10.2 Å². The molecular formula is C22H24N2O4. The summed E-state index contributed by atoms with van der Waals surface area (Å²) < 4.78 is 5.30. The predicted molar refractivity (Wildman–Crippen MR) is 106 cm³/mol. The van der Waals surface area contributed by atoms with Crippen LogP contribution in [-0.4, -0.2) is 30.4 Å². The molecule has 1 fully saturated rings. The van der Waals surface area contributed by atoms with Crippen LogP contribution in [0.5, 0.6) is 0 Å². The Morgan fingerprint density at radius 3 is 2.61 bits per heavy atom. The molecule has 0 unspecified atom stereocenters. The van der Waals surface area contributed by atoms with Gasteiger partial charge in [-0.1, -0.05) is 35.9 Å². The van der Waals surface area contributed by atoms with Crippen LogP contribution in [-0.2, 0) is 20.9 Å². The summed E-state index contributed by atoms with van der Waals surface area (Å²) in [5.41, 5.74) is 3.11. The van der Waals surface area contributed by atoms with Gasteiger partial charge in [-0.25, -0.2) is 4.79 Å². The number of rotatable bonds is 6. The van der Waals surface area contributed by atoms with Crippen LogP contribution in [0.4, 0.5) is 5.69 Å². The third kappa shape index (κ3) is 4.76. The Morgan fingerprint density at radius 1 is 1.18 bits per heavy atom. The number of ether oxygens (including phenoxy) is 1. The lowest BCUT2D eigenvalue weighted by Crippen LogP contribution is -2.35. The Labute approximate surface area is 164 Å². The van der Waals surface area contributed by atoms with Crippen molar-refractivity contribution >= 4 is 23.5 Å². The van der Waals surface area contributed by atoms with Crippen LogP contribution in [0.1, 0.15) is 41.3 Å². The number of carbonyl (C=O) groups excluding carboxylic acids is 3. The quantitative estimate of drug-likeness (QED) is 0.782. The van der Waals surface area contributed by atoms with Crippen molar-refractivity contribution < 1.29 is 19.1 Å². The topological polar surface area (TPSA) is 75.7 Å². The van der Waals surface area contributed by atoms with Gasteiger partial charge in [-0.15, -0.1) is 0 Å². The number of amides is 2. The highest BCUT2D eigenvalue weighted by Gasteiger charge is 2.23. The van der Waals surface area contributed by atoms with E-state index in [-0.39, 0.29) is 11.8 Å². The molecule has 1 saturated heterocycles. The maximum absolute atomic E-state index is 12.4. The van der Waals surface area contributed by atoms with Crippen molar-refractivity contribution in [1.82, 2.24) is 5.32 Å². The van der Waals surface area contributed by atoms with Crippen molar-refractivity contribution in [2.24, 2.45) is 0 Å². The summed E-state index contributed by atoms with van der Waals surface area (Å²) in [7, 11) is 0. The normalized spacial score (nSPS) is 14.6. The van der Waals surface area contributed by atoms with Gasteiger partial charge in [0.2, 0.25) is 5.91 Å². The first-order valence-corrected chi connectivity index (χ1v) is 9.39. The lowest BCUT2D eigenvalue weighted by atomic mass is 10.1. The first kappa shape index (κ1) is 19.6. The Bertz CT molecular complexity index is 876. The van der Waals surface area contributed by atoms with E-state index < -0.39 is 12.1 Å². The van der Waals surface area contributed by atoms with Crippen molar-refractivity contribution in [2.45, 2.75) is 39.3 Å². The van der Waals surface area contributed by atoms with E-state index in [4.69, 9.17) is 4.74 Å². The van der Waals surface area contributed by atoms with Crippen molar-refractivity contribution in [2.75, 3.05) is 11.4 Å². The van der Waals surface area contributed by atoms with Gasteiger partial charge in [-0.2, -0.15) is 0 Å². The standard InChI is InChI=1S/C22H24N2O4/c1-15-8-10-17(11-9-15)14-23-21(26)16(2)28-22(27)18-5-3-6-19(13-18)24-12-4-7-20(24)25/h3,5-6,8-11,13,16H,4,7,12,14H2,1-2H3,(H,23,26)/t16-/m1/s1. The van der Waals surface area contributed by atoms with Crippen molar-refractivity contribution in [3.63, 3.8) is 0 Å². The molecule has 2 amide bonds. The molecule has 1 N–H and O–H groups in total. The Hall–Kier alpha value is -3.15. The molecule has 1 atom stereocenters. The zero-order chi connectivity index (χ0) is 20.1. The van der Waals surface area contributed by atoms with Gasteiger partial charge in [-0.3, -0.25) is 9.59 Å². The molecule has 0 bridgehead atoms. The lowest BCUT2D eigenvalue weighted by molar-refractivity contribution is -0.129. The number of aryl methyl sites for hydroxylation is 1. The maximum atomic E-state index is 12.4. The van der Waals surface area contributed by atoms with Gasteiger partial charge in [0.05, 0.1) is 5.56 Å². The minimum Gasteiger partial charge on any atom is -0.449 e. The third-order valence-corrected chi connectivity index (χ3v) is 4.71. The molecule has 2 aromatic rings. The number of nitrogens with zero attached hydrogens (tertiary/aromatic N) is 1. The average molecular weight is 380 g/mol. The molecule has 1 heterocycles. The van der Waals surface area contributed by atoms with E-state index >= 15 is 0 Å². The fraction of sp³-hybridized carbons (Fsp3) is 0.318. The van der Waals surface area contributed by atoms with E-state index in [1.807, 2.05) is 31.2 Å². The molecule has 1 aliphatic heterocycles. The number of esters is 1. The average Bonchev–Trinajstić information content (AvgIpc) is 3.13. The summed E-state index contributed by atoms with van der Waals surface area (Å²) in [6.45, 7) is 4.55. The third-order valence-electron chi connectivity index (χ3n) is 4.71. The van der Waals surface area contributed by atoms with E-state index in [1.165, 1.54) is 6.92 Å². The van der Waals surface area contributed by atoms with Gasteiger partial charge in [0.15, 0.2) is 6.10 Å². The van der Waals surface area contributed by atoms with Crippen LogP contribution in [0.3, 0.4) is 0 Å². The largest absolute Gasteiger partial charge is 0.449 e. The van der Waals surface area contributed by atoms with Gasteiger partial charge in [0.1, 0.15) is 0 Å². The molecule has 6 heteroatoms. The molecule has 0 aliphatic carbocycles. The highest BCUT2D eigenvalue weighted by atomic mass is 16.5. The van der Waals surface area contributed by atoms with Crippen molar-refractivity contribution in [3.8, 4) is 0 Å². The summed E-state index contributed by atoms with van der Waals surface area (Å²) in [6.07, 6.45) is 0.411. The first-order valence-electron chi connectivity index (χ1n) is 9.39. The molecule has 146 valence electrons. The first-order chi connectivity index (χ1) is 13.4. The second-order valence-corrected chi connectivity index (χ2v) is 6.95. The van der Waals surface area contributed by atoms with Gasteiger partial charge in [0, 0.05) is 25.2 Å². The van der Waals surface area contributed by atoms with Crippen molar-refractivity contribution in [1.29, 1.82) is 0 Å². The van der Waals surface area contributed by atoms with E-state index in [2.05, 4.69) is 5.32 Å². The molecule has 6 nitrogen and oxygen atoms in total. The molecule has 0 aromatic heterocycles. The van der Waals surface area contributed by atoms with Gasteiger partial charge in [0.25, 0.3) is 5.91 Å². The van der Waals surface area contributed by atoms with Crippen molar-refractivity contribution in [3.05, 3.63) is 65.2 Å². The number of nitrogens with one attached hydrogen (secondary N) is 1. The minimum atomic E-state index is -0.921. The van der Waals surface area contributed by atoms with Crippen LogP contribution in [0.15, 0.2) is 48.5 Å². The van der Waals surface area contributed by atoms with E-state index in [0.29, 0.717) is 30.8 Å². The Morgan fingerprint density at radius 2 is 1.93 bits per heavy atom. The number of anilines is 1. The summed E-state index contributed by atoms with van der Waals surface area (Å²) in [5, 5.41) is 2.77. The molecule has 0 saturated carbocycles. The second-order valence-electron chi connectivity index (χ2n) is 6.95. The zero-order valence-corrected chi connectivity index (χ0v) is 16.1. The molecular weight excluding hydrogens is 356 g/mol. The van der Waals surface area contributed by atoms with Crippen LogP contribution in [0.2, 0.25) is 0 Å². The number of hydrogen-bond donors (Lipinski definition) is 1. The Kier molecular flexibility index (Phi) is 6.09. The predicted octanol–water partition coefficient (Wildman–Crippen LogP) is 2.98. The highest BCUT2D eigenvalue weighted by Crippen LogP contribution is 2.22. The van der Waals surface area contributed by atoms with Gasteiger partial charge < -0.3 is 15.0 Å². The van der Waals surface area contributed by atoms with Gasteiger partial charge in [-0.05, 0) is 44.0 Å². The molecule has 0 spiro atoms. The Balaban J connectivity index is 1.56. The summed E-state index contributed by atoms with van der Waals surface area (Å²) >= 11 is 0. The molecule has 0 radical (unpaired) electrons. The number of carbonyl (C=O) groups is 3.